The van der Waals surface area contributed by atoms with Crippen LogP contribution in [0.5, 0.6) is 0 Å². The summed E-state index contributed by atoms with van der Waals surface area (Å²) in [6, 6.07) is 0. The van der Waals surface area contributed by atoms with E-state index in [1.165, 1.54) is 6.08 Å². The number of allylic oxidation sites excluding steroid dienone is 3. The summed E-state index contributed by atoms with van der Waals surface area (Å²) in [7, 11) is 0. The fraction of sp³-hybridized carbons (Fsp3) is 0.556. The zero-order chi connectivity index (χ0) is 13.0. The summed E-state index contributed by atoms with van der Waals surface area (Å²) in [6.07, 6.45) is -8.60. The van der Waals surface area contributed by atoms with Gasteiger partial charge in [-0.1, -0.05) is 25.2 Å². The molecule has 0 saturated carbocycles. The maximum Gasteiger partial charge on any atom is 0.430 e. The van der Waals surface area contributed by atoms with Gasteiger partial charge in [-0.2, -0.15) is 26.3 Å². The molecule has 0 aliphatic carbocycles. The molecule has 0 rings (SSSR count). The second kappa shape index (κ2) is 4.90. The van der Waals surface area contributed by atoms with Gasteiger partial charge in [-0.3, -0.25) is 0 Å². The Morgan fingerprint density at radius 2 is 1.38 bits per heavy atom. The molecule has 0 amide bonds. The van der Waals surface area contributed by atoms with Crippen LogP contribution in [0.1, 0.15) is 13.3 Å². The highest BCUT2D eigenvalue weighted by Gasteiger charge is 2.68. The Morgan fingerprint density at radius 1 is 0.938 bits per heavy atom. The average Bonchev–Trinajstić information content (AvgIpc) is 2.08. The SMILES string of the molecule is CC/C=C/C=C/C(O)(C(F)(F)F)C(F)(F)F. The summed E-state index contributed by atoms with van der Waals surface area (Å²) in [4.78, 5) is 0. The van der Waals surface area contributed by atoms with Crippen molar-refractivity contribution < 1.29 is 31.4 Å². The quantitative estimate of drug-likeness (QED) is 0.599. The lowest BCUT2D eigenvalue weighted by atomic mass is 10.0. The molecule has 1 N–H and O–H groups in total. The molecular formula is C9H10F6O. The van der Waals surface area contributed by atoms with Crippen molar-refractivity contribution in [3.8, 4) is 0 Å². The molecule has 0 aliphatic heterocycles. The van der Waals surface area contributed by atoms with Crippen LogP contribution in [-0.4, -0.2) is 23.1 Å². The normalized spacial score (nSPS) is 15.2. The van der Waals surface area contributed by atoms with E-state index in [1.54, 1.807) is 6.92 Å². The summed E-state index contributed by atoms with van der Waals surface area (Å²) in [5.41, 5.74) is -4.81. The first-order chi connectivity index (χ1) is 7.06. The minimum absolute atomic E-state index is 0.320. The maximum atomic E-state index is 12.1. The Kier molecular flexibility index (Phi) is 4.60. The molecule has 16 heavy (non-hydrogen) atoms. The Hall–Kier alpha value is -0.980. The largest absolute Gasteiger partial charge is 0.430 e. The molecule has 0 aromatic carbocycles. The maximum absolute atomic E-state index is 12.1. The number of hydrogen-bond donors (Lipinski definition) is 1. The molecule has 0 aliphatic rings. The molecule has 1 nitrogen and oxygen atoms in total. The van der Waals surface area contributed by atoms with Gasteiger partial charge in [0.2, 0.25) is 0 Å². The molecule has 0 heterocycles. The van der Waals surface area contributed by atoms with Crippen molar-refractivity contribution in [2.24, 2.45) is 0 Å². The summed E-state index contributed by atoms with van der Waals surface area (Å²) in [5.74, 6) is 0. The van der Waals surface area contributed by atoms with Crippen molar-refractivity contribution >= 4 is 0 Å². The first kappa shape index (κ1) is 15.0. The van der Waals surface area contributed by atoms with E-state index in [0.29, 0.717) is 12.5 Å². The van der Waals surface area contributed by atoms with E-state index < -0.39 is 18.0 Å². The lowest BCUT2D eigenvalue weighted by Crippen LogP contribution is -2.55. The van der Waals surface area contributed by atoms with Gasteiger partial charge in [0.25, 0.3) is 5.60 Å². The minimum atomic E-state index is -5.80. The van der Waals surface area contributed by atoms with E-state index in [2.05, 4.69) is 0 Å². The summed E-state index contributed by atoms with van der Waals surface area (Å²) in [6.45, 7) is 1.66. The zero-order valence-corrected chi connectivity index (χ0v) is 8.23. The molecular weight excluding hydrogens is 238 g/mol. The second-order valence-electron chi connectivity index (χ2n) is 2.96. The van der Waals surface area contributed by atoms with Gasteiger partial charge in [0.1, 0.15) is 0 Å². The molecule has 0 aromatic heterocycles. The fourth-order valence-electron chi connectivity index (χ4n) is 0.759. The Morgan fingerprint density at radius 3 is 1.69 bits per heavy atom. The van der Waals surface area contributed by atoms with E-state index in [0.717, 1.165) is 6.08 Å². The third-order valence-electron chi connectivity index (χ3n) is 1.68. The summed E-state index contributed by atoms with van der Waals surface area (Å²) >= 11 is 0. The van der Waals surface area contributed by atoms with Crippen LogP contribution in [0.3, 0.4) is 0 Å². The van der Waals surface area contributed by atoms with Crippen LogP contribution in [-0.2, 0) is 0 Å². The van der Waals surface area contributed by atoms with Crippen LogP contribution in [0.4, 0.5) is 26.3 Å². The Balaban J connectivity index is 5.13. The predicted molar refractivity (Wildman–Crippen MR) is 45.6 cm³/mol. The number of hydrogen-bond acceptors (Lipinski definition) is 1. The van der Waals surface area contributed by atoms with E-state index in [9.17, 15) is 26.3 Å². The van der Waals surface area contributed by atoms with Crippen molar-refractivity contribution in [3.63, 3.8) is 0 Å². The van der Waals surface area contributed by atoms with Crippen LogP contribution < -0.4 is 0 Å². The van der Waals surface area contributed by atoms with Gasteiger partial charge >= 0.3 is 12.4 Å². The standard InChI is InChI=1S/C9H10F6O/c1-2-3-4-5-6-7(16,8(10,11)12)9(13,14)15/h3-6,16H,2H2,1H3/b4-3+,6-5+. The van der Waals surface area contributed by atoms with Crippen LogP contribution in [0.25, 0.3) is 0 Å². The minimum Gasteiger partial charge on any atom is -0.370 e. The molecule has 0 saturated heterocycles. The van der Waals surface area contributed by atoms with Crippen molar-refractivity contribution in [2.75, 3.05) is 0 Å². The van der Waals surface area contributed by atoms with Crippen LogP contribution in [0.2, 0.25) is 0 Å². The zero-order valence-electron chi connectivity index (χ0n) is 8.23. The third kappa shape index (κ3) is 3.26. The molecule has 0 unspecified atom stereocenters. The Labute approximate surface area is 88.1 Å². The van der Waals surface area contributed by atoms with Crippen molar-refractivity contribution in [2.45, 2.75) is 31.3 Å². The van der Waals surface area contributed by atoms with Crippen molar-refractivity contribution in [1.29, 1.82) is 0 Å². The summed E-state index contributed by atoms with van der Waals surface area (Å²) < 4.78 is 72.4. The van der Waals surface area contributed by atoms with Crippen molar-refractivity contribution in [1.82, 2.24) is 0 Å². The van der Waals surface area contributed by atoms with Crippen LogP contribution in [0.15, 0.2) is 24.3 Å². The summed E-state index contributed by atoms with van der Waals surface area (Å²) in [5, 5.41) is 8.61. The molecule has 0 bridgehead atoms. The van der Waals surface area contributed by atoms with Gasteiger partial charge in [-0.05, 0) is 12.5 Å². The van der Waals surface area contributed by atoms with E-state index in [4.69, 9.17) is 5.11 Å². The van der Waals surface area contributed by atoms with Gasteiger partial charge in [0.05, 0.1) is 0 Å². The van der Waals surface area contributed by atoms with Gasteiger partial charge in [0.15, 0.2) is 0 Å². The first-order valence-corrected chi connectivity index (χ1v) is 4.26. The van der Waals surface area contributed by atoms with E-state index in [-0.39, 0.29) is 6.08 Å². The number of halogens is 6. The fourth-order valence-corrected chi connectivity index (χ4v) is 0.759. The lowest BCUT2D eigenvalue weighted by Gasteiger charge is -2.29. The molecule has 94 valence electrons. The lowest BCUT2D eigenvalue weighted by molar-refractivity contribution is -0.347. The molecule has 0 aromatic rings. The Bertz CT molecular complexity index is 259. The topological polar surface area (TPSA) is 20.2 Å². The van der Waals surface area contributed by atoms with Gasteiger partial charge in [-0.25, -0.2) is 0 Å². The number of alkyl halides is 6. The highest BCUT2D eigenvalue weighted by atomic mass is 19.4. The van der Waals surface area contributed by atoms with E-state index >= 15 is 0 Å². The molecule has 0 spiro atoms. The van der Waals surface area contributed by atoms with Crippen LogP contribution >= 0.6 is 0 Å². The third-order valence-corrected chi connectivity index (χ3v) is 1.68. The molecule has 0 fully saturated rings. The van der Waals surface area contributed by atoms with E-state index in [1.807, 2.05) is 0 Å². The first-order valence-electron chi connectivity index (χ1n) is 4.26. The smallest absolute Gasteiger partial charge is 0.370 e. The predicted octanol–water partition coefficient (Wildman–Crippen LogP) is 3.36. The molecule has 0 radical (unpaired) electrons. The highest BCUT2D eigenvalue weighted by Crippen LogP contribution is 2.43. The molecule has 7 heteroatoms. The second-order valence-corrected chi connectivity index (χ2v) is 2.96. The monoisotopic (exact) mass is 248 g/mol. The average molecular weight is 248 g/mol. The van der Waals surface area contributed by atoms with Gasteiger partial charge in [0, 0.05) is 0 Å². The van der Waals surface area contributed by atoms with Gasteiger partial charge < -0.3 is 5.11 Å². The number of rotatable bonds is 3. The van der Waals surface area contributed by atoms with Crippen LogP contribution in [0, 0.1) is 0 Å². The van der Waals surface area contributed by atoms with Crippen molar-refractivity contribution in [3.05, 3.63) is 24.3 Å². The van der Waals surface area contributed by atoms with Gasteiger partial charge in [-0.15, -0.1) is 0 Å². The number of aliphatic hydroxyl groups is 1. The molecule has 0 atom stereocenters. The highest BCUT2D eigenvalue weighted by molar-refractivity contribution is 5.15.